The molecule has 0 aliphatic carbocycles. The van der Waals surface area contributed by atoms with Gasteiger partial charge in [-0.15, -0.1) is 13.2 Å². The summed E-state index contributed by atoms with van der Waals surface area (Å²) in [7, 11) is 1.22. The maximum Gasteiger partial charge on any atom is 0.573 e. The molecule has 0 fully saturated rings. The number of ether oxygens (including phenoxy) is 2. The minimum atomic E-state index is -4.84. The van der Waals surface area contributed by atoms with Crippen LogP contribution >= 0.6 is 0 Å². The number of carbonyl (C=O) groups excluding carboxylic acids is 1. The number of H-pyrrole nitrogens is 1. The highest BCUT2D eigenvalue weighted by Gasteiger charge is 2.31. The number of alkyl halides is 3. The van der Waals surface area contributed by atoms with Gasteiger partial charge in [-0.05, 0) is 31.2 Å². The molecular weight excluding hydrogens is 415 g/mol. The molecule has 0 spiro atoms. The third kappa shape index (κ3) is 5.41. The van der Waals surface area contributed by atoms with E-state index in [1.165, 1.54) is 30.8 Å². The number of esters is 1. The standard InChI is InChI=1S/C21H18F3N3O4/c1-13(25-14-7-6-10-16(11-14)31-21(22,23)24)19-17(12-18(28)30-2)26-27(20(19)29)15-8-4-3-5-9-15/h3-11,26H,12H2,1-2H3. The Kier molecular flexibility index (Phi) is 6.28. The first kappa shape index (κ1) is 21.9. The van der Waals surface area contributed by atoms with Gasteiger partial charge in [0, 0.05) is 6.07 Å². The zero-order valence-corrected chi connectivity index (χ0v) is 16.6. The number of hydrogen-bond donors (Lipinski definition) is 1. The number of nitrogens with one attached hydrogen (secondary N) is 1. The third-order valence-electron chi connectivity index (χ3n) is 4.24. The largest absolute Gasteiger partial charge is 0.573 e. The molecule has 7 nitrogen and oxygen atoms in total. The fourth-order valence-corrected chi connectivity index (χ4v) is 2.96. The summed E-state index contributed by atoms with van der Waals surface area (Å²) in [5, 5.41) is 2.89. The number of hydrogen-bond acceptors (Lipinski definition) is 5. The maximum atomic E-state index is 13.1. The topological polar surface area (TPSA) is 85.7 Å². The Morgan fingerprint density at radius 3 is 2.48 bits per heavy atom. The van der Waals surface area contributed by atoms with E-state index in [9.17, 15) is 22.8 Å². The van der Waals surface area contributed by atoms with Crippen LogP contribution in [0.2, 0.25) is 0 Å². The first-order valence-electron chi connectivity index (χ1n) is 9.05. The molecule has 0 aliphatic rings. The molecule has 3 aromatic rings. The number of carbonyl (C=O) groups is 1. The number of halogens is 3. The van der Waals surface area contributed by atoms with Crippen molar-refractivity contribution in [3.05, 3.63) is 76.2 Å². The van der Waals surface area contributed by atoms with Crippen LogP contribution in [0.3, 0.4) is 0 Å². The SMILES string of the molecule is COC(=O)Cc1[nH]n(-c2ccccc2)c(=O)c1C(C)=Nc1cccc(OC(F)(F)F)c1. The lowest BCUT2D eigenvalue weighted by molar-refractivity contribution is -0.274. The van der Waals surface area contributed by atoms with Crippen molar-refractivity contribution in [1.82, 2.24) is 9.78 Å². The van der Waals surface area contributed by atoms with Crippen LogP contribution in [-0.4, -0.2) is 34.9 Å². The summed E-state index contributed by atoms with van der Waals surface area (Å²) >= 11 is 0. The number of aromatic amines is 1. The lowest BCUT2D eigenvalue weighted by atomic mass is 10.1. The Morgan fingerprint density at radius 1 is 1.13 bits per heavy atom. The van der Waals surface area contributed by atoms with Gasteiger partial charge in [0.05, 0.1) is 41.9 Å². The van der Waals surface area contributed by atoms with E-state index in [1.807, 2.05) is 0 Å². The summed E-state index contributed by atoms with van der Waals surface area (Å²) in [4.78, 5) is 29.2. The second kappa shape index (κ2) is 8.90. The van der Waals surface area contributed by atoms with E-state index in [0.29, 0.717) is 5.69 Å². The van der Waals surface area contributed by atoms with Gasteiger partial charge < -0.3 is 9.47 Å². The number of nitrogens with zero attached hydrogens (tertiary/aromatic N) is 2. The summed E-state index contributed by atoms with van der Waals surface area (Å²) in [6.07, 6.45) is -5.06. The molecule has 0 unspecified atom stereocenters. The summed E-state index contributed by atoms with van der Waals surface area (Å²) in [6, 6.07) is 13.7. The third-order valence-corrected chi connectivity index (χ3v) is 4.24. The van der Waals surface area contributed by atoms with Crippen LogP contribution in [0.1, 0.15) is 18.2 Å². The van der Waals surface area contributed by atoms with Gasteiger partial charge in [0.2, 0.25) is 0 Å². The zero-order chi connectivity index (χ0) is 22.6. The van der Waals surface area contributed by atoms with Crippen molar-refractivity contribution >= 4 is 17.4 Å². The summed E-state index contributed by atoms with van der Waals surface area (Å²) in [6.45, 7) is 1.53. The molecule has 162 valence electrons. The van der Waals surface area contributed by atoms with Gasteiger partial charge in [0.1, 0.15) is 5.75 Å². The normalized spacial score (nSPS) is 12.0. The smallest absolute Gasteiger partial charge is 0.469 e. The molecule has 0 atom stereocenters. The number of benzene rings is 2. The van der Waals surface area contributed by atoms with Crippen LogP contribution in [0.15, 0.2) is 64.4 Å². The first-order valence-corrected chi connectivity index (χ1v) is 9.05. The van der Waals surface area contributed by atoms with E-state index in [2.05, 4.69) is 14.8 Å². The fourth-order valence-electron chi connectivity index (χ4n) is 2.96. The number of aromatic nitrogens is 2. The van der Waals surface area contributed by atoms with Crippen molar-refractivity contribution in [3.63, 3.8) is 0 Å². The number of methoxy groups -OCH3 is 1. The predicted octanol–water partition coefficient (Wildman–Crippen LogP) is 3.92. The molecule has 1 heterocycles. The lowest BCUT2D eigenvalue weighted by Crippen LogP contribution is -2.20. The van der Waals surface area contributed by atoms with Crippen molar-refractivity contribution in [3.8, 4) is 11.4 Å². The van der Waals surface area contributed by atoms with E-state index in [0.717, 1.165) is 12.1 Å². The van der Waals surface area contributed by atoms with Crippen molar-refractivity contribution < 1.29 is 27.4 Å². The van der Waals surface area contributed by atoms with Crippen LogP contribution in [0.5, 0.6) is 5.75 Å². The average Bonchev–Trinajstić information content (AvgIpc) is 3.03. The van der Waals surface area contributed by atoms with E-state index < -0.39 is 23.6 Å². The molecule has 31 heavy (non-hydrogen) atoms. The number of aliphatic imine (C=N–C) groups is 1. The van der Waals surface area contributed by atoms with Gasteiger partial charge in [-0.1, -0.05) is 24.3 Å². The highest BCUT2D eigenvalue weighted by molar-refractivity contribution is 6.01. The van der Waals surface area contributed by atoms with E-state index >= 15 is 0 Å². The maximum absolute atomic E-state index is 13.1. The molecule has 10 heteroatoms. The Balaban J connectivity index is 2.06. The van der Waals surface area contributed by atoms with Gasteiger partial charge in [0.15, 0.2) is 0 Å². The Bertz CT molecular complexity index is 1160. The molecule has 0 saturated carbocycles. The van der Waals surface area contributed by atoms with Crippen molar-refractivity contribution in [2.45, 2.75) is 19.7 Å². The fraction of sp³-hybridized carbons (Fsp3) is 0.190. The van der Waals surface area contributed by atoms with Crippen LogP contribution < -0.4 is 10.3 Å². The molecule has 0 aliphatic heterocycles. The monoisotopic (exact) mass is 433 g/mol. The summed E-state index contributed by atoms with van der Waals surface area (Å²) in [5.41, 5.74) is 0.822. The van der Waals surface area contributed by atoms with Crippen molar-refractivity contribution in [2.75, 3.05) is 7.11 Å². The van der Waals surface area contributed by atoms with Crippen molar-refractivity contribution in [1.29, 1.82) is 0 Å². The molecule has 1 aromatic heterocycles. The van der Waals surface area contributed by atoms with Crippen LogP contribution in [-0.2, 0) is 16.0 Å². The molecule has 0 saturated heterocycles. The Hall–Kier alpha value is -3.82. The molecule has 0 amide bonds. The van der Waals surface area contributed by atoms with E-state index in [1.54, 1.807) is 30.3 Å². The summed E-state index contributed by atoms with van der Waals surface area (Å²) in [5.74, 6) is -1.01. The highest BCUT2D eigenvalue weighted by atomic mass is 19.4. The second-order valence-corrected chi connectivity index (χ2v) is 6.44. The lowest BCUT2D eigenvalue weighted by Gasteiger charge is -2.09. The molecule has 0 bridgehead atoms. The first-order chi connectivity index (χ1) is 14.7. The van der Waals surface area contributed by atoms with Crippen molar-refractivity contribution in [2.24, 2.45) is 4.99 Å². The minimum absolute atomic E-state index is 0.122. The average molecular weight is 433 g/mol. The Morgan fingerprint density at radius 2 is 1.84 bits per heavy atom. The quantitative estimate of drug-likeness (QED) is 0.472. The van der Waals surface area contributed by atoms with E-state index in [4.69, 9.17) is 4.74 Å². The molecule has 2 aromatic carbocycles. The van der Waals surface area contributed by atoms with Gasteiger partial charge in [-0.25, -0.2) is 4.68 Å². The van der Waals surface area contributed by atoms with Gasteiger partial charge >= 0.3 is 12.3 Å². The number of para-hydroxylation sites is 1. The minimum Gasteiger partial charge on any atom is -0.469 e. The van der Waals surface area contributed by atoms with Crippen LogP contribution in [0, 0.1) is 0 Å². The molecule has 0 radical (unpaired) electrons. The number of rotatable bonds is 6. The second-order valence-electron chi connectivity index (χ2n) is 6.44. The van der Waals surface area contributed by atoms with Gasteiger partial charge in [0.25, 0.3) is 5.56 Å². The predicted molar refractivity (Wildman–Crippen MR) is 107 cm³/mol. The van der Waals surface area contributed by atoms with E-state index in [-0.39, 0.29) is 29.1 Å². The molecule has 1 N–H and O–H groups in total. The Labute approximate surface area is 174 Å². The molecular formula is C21H18F3N3O4. The summed E-state index contributed by atoms with van der Waals surface area (Å²) < 4.78 is 47.3. The molecule has 3 rings (SSSR count). The van der Waals surface area contributed by atoms with Gasteiger partial charge in [-0.3, -0.25) is 19.7 Å². The van der Waals surface area contributed by atoms with Gasteiger partial charge in [-0.2, -0.15) is 0 Å². The highest BCUT2D eigenvalue weighted by Crippen LogP contribution is 2.26. The van der Waals surface area contributed by atoms with Crippen LogP contribution in [0.4, 0.5) is 18.9 Å². The van der Waals surface area contributed by atoms with Crippen LogP contribution in [0.25, 0.3) is 5.69 Å². The zero-order valence-electron chi connectivity index (χ0n) is 16.6.